The summed E-state index contributed by atoms with van der Waals surface area (Å²) in [6.07, 6.45) is 21.7. The molecule has 264 valence electrons. The molecule has 3 aliphatic rings. The van der Waals surface area contributed by atoms with E-state index in [4.69, 9.17) is 0 Å². The van der Waals surface area contributed by atoms with Crippen molar-refractivity contribution in [3.63, 3.8) is 0 Å². The maximum atomic E-state index is 4.36. The first-order chi connectivity index (χ1) is 27.0. The molecular formula is C52H41N3. The predicted octanol–water partition coefficient (Wildman–Crippen LogP) is 13.7. The maximum absolute atomic E-state index is 4.36. The Hall–Kier alpha value is -6.71. The predicted molar refractivity (Wildman–Crippen MR) is 232 cm³/mol. The smallest absolute Gasteiger partial charge is 0.0538 e. The van der Waals surface area contributed by atoms with Gasteiger partial charge in [-0.2, -0.15) is 0 Å². The van der Waals surface area contributed by atoms with Crippen LogP contribution in [0.5, 0.6) is 0 Å². The Balaban J connectivity index is 1.06. The zero-order chi connectivity index (χ0) is 36.9. The molecule has 0 radical (unpaired) electrons. The fourth-order valence-electron chi connectivity index (χ4n) is 8.77. The molecule has 0 aliphatic heterocycles. The van der Waals surface area contributed by atoms with Gasteiger partial charge in [-0.25, -0.2) is 0 Å². The van der Waals surface area contributed by atoms with E-state index in [0.29, 0.717) is 0 Å². The van der Waals surface area contributed by atoms with E-state index in [0.717, 1.165) is 41.0 Å². The van der Waals surface area contributed by atoms with Gasteiger partial charge in [0.15, 0.2) is 0 Å². The van der Waals surface area contributed by atoms with E-state index in [1.54, 1.807) is 0 Å². The zero-order valence-corrected chi connectivity index (χ0v) is 31.2. The molecule has 0 amide bonds. The number of hydrogen-bond donors (Lipinski definition) is 0. The minimum Gasteiger partial charge on any atom is -0.310 e. The number of anilines is 3. The lowest BCUT2D eigenvalue weighted by atomic mass is 9.82. The molecular weight excluding hydrogens is 667 g/mol. The molecule has 2 heterocycles. The third-order valence-corrected chi connectivity index (χ3v) is 11.5. The van der Waals surface area contributed by atoms with Crippen LogP contribution in [0.2, 0.25) is 0 Å². The third-order valence-electron chi connectivity index (χ3n) is 11.5. The number of allylic oxidation sites excluding steroid dienone is 4. The highest BCUT2D eigenvalue weighted by atomic mass is 15.1. The first-order valence-corrected chi connectivity index (χ1v) is 19.2. The number of rotatable bonds is 6. The van der Waals surface area contributed by atoms with E-state index in [1.165, 1.54) is 61.6 Å². The fraction of sp³-hybridized carbons (Fsp3) is 0.0962. The van der Waals surface area contributed by atoms with Gasteiger partial charge in [0, 0.05) is 51.7 Å². The van der Waals surface area contributed by atoms with Crippen LogP contribution in [-0.4, -0.2) is 9.55 Å². The van der Waals surface area contributed by atoms with Gasteiger partial charge in [-0.15, -0.1) is 0 Å². The molecule has 55 heavy (non-hydrogen) atoms. The third kappa shape index (κ3) is 5.63. The van der Waals surface area contributed by atoms with Gasteiger partial charge in [-0.1, -0.05) is 117 Å². The number of nitrogens with zero attached hydrogens (tertiary/aromatic N) is 3. The van der Waals surface area contributed by atoms with Gasteiger partial charge in [0.25, 0.3) is 0 Å². The lowest BCUT2D eigenvalue weighted by Crippen LogP contribution is -2.16. The van der Waals surface area contributed by atoms with Crippen LogP contribution in [0, 0.1) is 0 Å². The SMILES string of the molecule is CC1(C)c2ccccc2-c2ccc(N(c3ccc(C4=Cc5c6c(n(-c7ccccc7)c5C=CC4)C=CCC=C6)cc3)c3ccc(-c4cccnc4)cc3)cc21. The van der Waals surface area contributed by atoms with Gasteiger partial charge >= 0.3 is 0 Å². The lowest BCUT2D eigenvalue weighted by molar-refractivity contribution is 0.660. The molecule has 7 aromatic rings. The minimum absolute atomic E-state index is 0.0946. The molecule has 0 N–H and O–H groups in total. The summed E-state index contributed by atoms with van der Waals surface area (Å²) in [6.45, 7) is 4.70. The summed E-state index contributed by atoms with van der Waals surface area (Å²) in [7, 11) is 0. The molecule has 3 nitrogen and oxygen atoms in total. The molecule has 0 atom stereocenters. The summed E-state index contributed by atoms with van der Waals surface area (Å²) in [5, 5.41) is 0. The van der Waals surface area contributed by atoms with Crippen molar-refractivity contribution >= 4 is 46.9 Å². The molecule has 0 bridgehead atoms. The van der Waals surface area contributed by atoms with Gasteiger partial charge in [0.2, 0.25) is 0 Å². The van der Waals surface area contributed by atoms with Gasteiger partial charge in [-0.05, 0) is 130 Å². The fourth-order valence-corrected chi connectivity index (χ4v) is 8.77. The highest BCUT2D eigenvalue weighted by Gasteiger charge is 2.35. The Kier molecular flexibility index (Phi) is 7.96. The number of para-hydroxylation sites is 1. The van der Waals surface area contributed by atoms with E-state index in [-0.39, 0.29) is 5.41 Å². The van der Waals surface area contributed by atoms with Crippen LogP contribution in [0.4, 0.5) is 17.1 Å². The largest absolute Gasteiger partial charge is 0.310 e. The van der Waals surface area contributed by atoms with Crippen LogP contribution >= 0.6 is 0 Å². The van der Waals surface area contributed by atoms with Gasteiger partial charge in [0.05, 0.1) is 11.4 Å². The van der Waals surface area contributed by atoms with Crippen LogP contribution in [0.3, 0.4) is 0 Å². The molecule has 5 aromatic carbocycles. The van der Waals surface area contributed by atoms with Crippen LogP contribution in [0.1, 0.15) is 65.9 Å². The Morgan fingerprint density at radius 3 is 2.02 bits per heavy atom. The lowest BCUT2D eigenvalue weighted by Gasteiger charge is -2.28. The highest BCUT2D eigenvalue weighted by molar-refractivity contribution is 5.93. The minimum atomic E-state index is -0.0946. The summed E-state index contributed by atoms with van der Waals surface area (Å²) >= 11 is 0. The number of benzene rings is 5. The Morgan fingerprint density at radius 1 is 0.564 bits per heavy atom. The van der Waals surface area contributed by atoms with E-state index in [1.807, 2.05) is 18.5 Å². The molecule has 10 rings (SSSR count). The molecule has 0 spiro atoms. The summed E-state index contributed by atoms with van der Waals surface area (Å²) < 4.78 is 2.41. The number of aromatic nitrogens is 2. The van der Waals surface area contributed by atoms with E-state index < -0.39 is 0 Å². The molecule has 0 saturated carbocycles. The summed E-state index contributed by atoms with van der Waals surface area (Å²) in [5.41, 5.74) is 19.7. The van der Waals surface area contributed by atoms with Crippen LogP contribution in [-0.2, 0) is 5.41 Å². The average molecular weight is 708 g/mol. The van der Waals surface area contributed by atoms with Crippen molar-refractivity contribution in [2.45, 2.75) is 32.1 Å². The van der Waals surface area contributed by atoms with Crippen molar-refractivity contribution in [1.29, 1.82) is 0 Å². The van der Waals surface area contributed by atoms with Crippen LogP contribution < -0.4 is 4.90 Å². The van der Waals surface area contributed by atoms with Crippen molar-refractivity contribution in [2.75, 3.05) is 4.90 Å². The molecule has 3 aliphatic carbocycles. The summed E-state index contributed by atoms with van der Waals surface area (Å²) in [6, 6.07) is 48.7. The number of pyridine rings is 1. The molecule has 2 aromatic heterocycles. The zero-order valence-electron chi connectivity index (χ0n) is 31.2. The van der Waals surface area contributed by atoms with Crippen LogP contribution in [0.15, 0.2) is 164 Å². The number of hydrogen-bond acceptors (Lipinski definition) is 2. The van der Waals surface area contributed by atoms with E-state index in [2.05, 4.69) is 198 Å². The van der Waals surface area contributed by atoms with E-state index >= 15 is 0 Å². The van der Waals surface area contributed by atoms with Gasteiger partial charge in [-0.3, -0.25) is 4.98 Å². The Morgan fingerprint density at radius 2 is 1.24 bits per heavy atom. The maximum Gasteiger partial charge on any atom is 0.0538 e. The highest BCUT2D eigenvalue weighted by Crippen LogP contribution is 2.50. The first-order valence-electron chi connectivity index (χ1n) is 19.2. The topological polar surface area (TPSA) is 21.1 Å². The van der Waals surface area contributed by atoms with Crippen molar-refractivity contribution in [3.05, 3.63) is 203 Å². The van der Waals surface area contributed by atoms with Gasteiger partial charge < -0.3 is 9.47 Å². The second-order valence-corrected chi connectivity index (χ2v) is 15.2. The normalized spacial score (nSPS) is 14.6. The quantitative estimate of drug-likeness (QED) is 0.172. The number of fused-ring (bicyclic) bond motifs is 6. The molecule has 0 saturated heterocycles. The van der Waals surface area contributed by atoms with Crippen molar-refractivity contribution in [1.82, 2.24) is 9.55 Å². The average Bonchev–Trinajstić information content (AvgIpc) is 3.40. The summed E-state index contributed by atoms with van der Waals surface area (Å²) in [4.78, 5) is 6.75. The van der Waals surface area contributed by atoms with Gasteiger partial charge in [0.1, 0.15) is 0 Å². The first kappa shape index (κ1) is 32.9. The van der Waals surface area contributed by atoms with Crippen molar-refractivity contribution in [3.8, 4) is 27.9 Å². The second-order valence-electron chi connectivity index (χ2n) is 15.2. The Bertz CT molecular complexity index is 2690. The molecule has 3 heteroatoms. The summed E-state index contributed by atoms with van der Waals surface area (Å²) in [5.74, 6) is 0. The standard InChI is InChI=1S/C52H41N3/c1-52(2)48-19-10-9-17-44(48)45-31-30-43(34-49(45)52)54(42-28-24-37(25-29-42)39-14-12-32-53-35-39)41-26-22-36(23-27-41)38-13-11-21-51-47(33-38)46-18-7-4-8-20-50(46)55(51)40-15-5-3-6-16-40/h3,5-12,14-35H,4,13H2,1-2H3. The molecule has 0 fully saturated rings. The monoisotopic (exact) mass is 707 g/mol. The Labute approximate surface area is 323 Å². The second kappa shape index (κ2) is 13.3. The van der Waals surface area contributed by atoms with Crippen molar-refractivity contribution < 1.29 is 0 Å². The van der Waals surface area contributed by atoms with Crippen LogP contribution in [0.25, 0.3) is 57.8 Å². The van der Waals surface area contributed by atoms with Crippen molar-refractivity contribution in [2.24, 2.45) is 0 Å². The molecule has 0 unspecified atom stereocenters. The van der Waals surface area contributed by atoms with E-state index in [9.17, 15) is 0 Å².